The minimum absolute atomic E-state index is 0.125. The molecule has 3 N–H and O–H groups in total. The molecule has 0 aliphatic rings. The van der Waals surface area contributed by atoms with Gasteiger partial charge in [0, 0.05) is 29.7 Å². The maximum Gasteiger partial charge on any atom is 0.228 e. The second-order valence-corrected chi connectivity index (χ2v) is 10.1. The zero-order valence-electron chi connectivity index (χ0n) is 20.7. The molecule has 0 aliphatic heterocycles. The number of hydrogen-bond acceptors (Lipinski definition) is 7. The van der Waals surface area contributed by atoms with Crippen molar-refractivity contribution in [2.24, 2.45) is 0 Å². The smallest absolute Gasteiger partial charge is 0.228 e. The fourth-order valence-corrected chi connectivity index (χ4v) is 5.29. The minimum atomic E-state index is -0.282. The first kappa shape index (κ1) is 23.8. The van der Waals surface area contributed by atoms with Crippen molar-refractivity contribution in [2.75, 3.05) is 5.32 Å². The van der Waals surface area contributed by atoms with Gasteiger partial charge in [-0.05, 0) is 35.9 Å². The van der Waals surface area contributed by atoms with Gasteiger partial charge in [0.1, 0.15) is 16.9 Å². The Hall–Kier alpha value is -5.29. The van der Waals surface area contributed by atoms with Gasteiger partial charge in [0.25, 0.3) is 0 Å². The van der Waals surface area contributed by atoms with E-state index in [0.717, 1.165) is 38.9 Å². The summed E-state index contributed by atoms with van der Waals surface area (Å²) < 4.78 is 13.7. The Morgan fingerprint density at radius 2 is 1.82 bits per heavy atom. The molecule has 7 rings (SSSR count). The summed E-state index contributed by atoms with van der Waals surface area (Å²) in [5, 5.41) is 10.8. The fraction of sp³-hybridized carbons (Fsp3) is 0.0345. The van der Waals surface area contributed by atoms with Crippen LogP contribution in [-0.2, 0) is 11.2 Å². The number of nitrogens with zero attached hydrogens (tertiary/aromatic N) is 5. The summed E-state index contributed by atoms with van der Waals surface area (Å²) in [6.45, 7) is 0. The molecule has 194 valence electrons. The third-order valence-corrected chi connectivity index (χ3v) is 7.29. The highest BCUT2D eigenvalue weighted by Gasteiger charge is 2.18. The first-order valence-electron chi connectivity index (χ1n) is 12.3. The van der Waals surface area contributed by atoms with E-state index in [9.17, 15) is 9.18 Å². The Morgan fingerprint density at radius 1 is 0.950 bits per heavy atom. The molecule has 0 saturated heterocycles. The maximum absolute atomic E-state index is 13.7. The van der Waals surface area contributed by atoms with E-state index in [4.69, 9.17) is 4.98 Å². The SMILES string of the molecule is O=C(Cc1ccccc1)Nc1cncc(-c2cnc3[nH]nc(-c4nc5c(-c6ccc(F)s6)nccc5[nH]4)c3c2)c1. The van der Waals surface area contributed by atoms with Crippen molar-refractivity contribution in [3.8, 4) is 33.2 Å². The molecule has 0 saturated carbocycles. The fourth-order valence-electron chi connectivity index (χ4n) is 4.56. The Morgan fingerprint density at radius 3 is 2.67 bits per heavy atom. The molecule has 6 aromatic heterocycles. The van der Waals surface area contributed by atoms with Gasteiger partial charge in [0.2, 0.25) is 5.91 Å². The van der Waals surface area contributed by atoms with Crippen LogP contribution in [0.4, 0.5) is 10.1 Å². The number of pyridine rings is 3. The molecule has 40 heavy (non-hydrogen) atoms. The molecule has 1 amide bonds. The summed E-state index contributed by atoms with van der Waals surface area (Å²) in [4.78, 5) is 34.6. The van der Waals surface area contributed by atoms with E-state index in [1.165, 1.54) is 6.07 Å². The van der Waals surface area contributed by atoms with Crippen LogP contribution in [0.15, 0.2) is 85.5 Å². The number of aromatic nitrogens is 7. The number of H-pyrrole nitrogens is 2. The van der Waals surface area contributed by atoms with Gasteiger partial charge >= 0.3 is 0 Å². The van der Waals surface area contributed by atoms with Gasteiger partial charge < -0.3 is 10.3 Å². The second kappa shape index (κ2) is 9.79. The summed E-state index contributed by atoms with van der Waals surface area (Å²) in [6.07, 6.45) is 6.99. The summed E-state index contributed by atoms with van der Waals surface area (Å²) in [5.41, 5.74) is 6.28. The van der Waals surface area contributed by atoms with Crippen molar-refractivity contribution in [3.63, 3.8) is 0 Å². The van der Waals surface area contributed by atoms with E-state index in [0.29, 0.717) is 38.9 Å². The molecule has 0 unspecified atom stereocenters. The Bertz CT molecular complexity index is 2010. The third kappa shape index (κ3) is 4.48. The monoisotopic (exact) mass is 546 g/mol. The van der Waals surface area contributed by atoms with Crippen molar-refractivity contribution in [1.29, 1.82) is 0 Å². The molecule has 0 atom stereocenters. The molecule has 6 heterocycles. The standard InChI is InChI=1S/C29H19FN8OS/c30-23-7-6-22(40-23)27-26-21(8-9-32-27)35-29(36-26)25-20-12-18(14-33-28(20)38-37-25)17-11-19(15-31-13-17)34-24(39)10-16-4-2-1-3-5-16/h1-9,11-15H,10H2,(H,34,39)(H,35,36)(H,33,37,38). The van der Waals surface area contributed by atoms with E-state index in [-0.39, 0.29) is 17.5 Å². The van der Waals surface area contributed by atoms with Crippen molar-refractivity contribution in [3.05, 3.63) is 96.1 Å². The van der Waals surface area contributed by atoms with E-state index < -0.39 is 0 Å². The van der Waals surface area contributed by atoms with Gasteiger partial charge in [-0.25, -0.2) is 9.97 Å². The van der Waals surface area contributed by atoms with Crippen LogP contribution in [0.3, 0.4) is 0 Å². The molecule has 0 spiro atoms. The number of fused-ring (bicyclic) bond motifs is 2. The van der Waals surface area contributed by atoms with Crippen molar-refractivity contribution in [2.45, 2.75) is 6.42 Å². The highest BCUT2D eigenvalue weighted by atomic mass is 32.1. The van der Waals surface area contributed by atoms with Crippen LogP contribution in [0.5, 0.6) is 0 Å². The number of aromatic amines is 2. The highest BCUT2D eigenvalue weighted by Crippen LogP contribution is 2.33. The van der Waals surface area contributed by atoms with Gasteiger partial charge in [0.05, 0.1) is 34.1 Å². The van der Waals surface area contributed by atoms with Crippen LogP contribution in [0, 0.1) is 5.13 Å². The first-order chi connectivity index (χ1) is 19.6. The third-order valence-electron chi connectivity index (χ3n) is 6.41. The van der Waals surface area contributed by atoms with E-state index in [2.05, 4.69) is 35.5 Å². The van der Waals surface area contributed by atoms with Crippen molar-refractivity contribution >= 4 is 45.0 Å². The predicted molar refractivity (Wildman–Crippen MR) is 152 cm³/mol. The number of imidazole rings is 1. The number of benzene rings is 1. The molecule has 9 nitrogen and oxygen atoms in total. The van der Waals surface area contributed by atoms with Crippen LogP contribution >= 0.6 is 11.3 Å². The van der Waals surface area contributed by atoms with E-state index in [1.807, 2.05) is 48.5 Å². The van der Waals surface area contributed by atoms with Crippen LogP contribution in [0.1, 0.15) is 5.56 Å². The molecule has 11 heteroatoms. The quantitative estimate of drug-likeness (QED) is 0.235. The summed E-state index contributed by atoms with van der Waals surface area (Å²) in [6, 6.07) is 18.3. The first-order valence-corrected chi connectivity index (χ1v) is 13.2. The molecule has 7 aromatic rings. The number of amides is 1. The number of rotatable bonds is 6. The topological polar surface area (TPSA) is 125 Å². The van der Waals surface area contributed by atoms with Crippen LogP contribution < -0.4 is 5.32 Å². The maximum atomic E-state index is 13.7. The number of thiophene rings is 1. The molecule has 0 bridgehead atoms. The summed E-state index contributed by atoms with van der Waals surface area (Å²) in [7, 11) is 0. The summed E-state index contributed by atoms with van der Waals surface area (Å²) >= 11 is 1.02. The minimum Gasteiger partial charge on any atom is -0.336 e. The van der Waals surface area contributed by atoms with Crippen molar-refractivity contribution < 1.29 is 9.18 Å². The lowest BCUT2D eigenvalue weighted by Gasteiger charge is -2.07. The van der Waals surface area contributed by atoms with Gasteiger partial charge in [-0.2, -0.15) is 9.49 Å². The van der Waals surface area contributed by atoms with Gasteiger partial charge in [-0.1, -0.05) is 30.3 Å². The Labute approximate surface area is 230 Å². The average Bonchev–Trinajstić information content (AvgIpc) is 3.71. The lowest BCUT2D eigenvalue weighted by molar-refractivity contribution is -0.115. The number of anilines is 1. The van der Waals surface area contributed by atoms with Gasteiger partial charge in [-0.15, -0.1) is 11.3 Å². The van der Waals surface area contributed by atoms with E-state index in [1.54, 1.807) is 30.9 Å². The van der Waals surface area contributed by atoms with Gasteiger partial charge in [0.15, 0.2) is 16.6 Å². The number of nitrogens with one attached hydrogen (secondary N) is 3. The van der Waals surface area contributed by atoms with Crippen LogP contribution in [0.25, 0.3) is 55.3 Å². The lowest BCUT2D eigenvalue weighted by atomic mass is 10.1. The van der Waals surface area contributed by atoms with Crippen molar-refractivity contribution in [1.82, 2.24) is 35.1 Å². The molecule has 1 aromatic carbocycles. The molecule has 0 fully saturated rings. The second-order valence-electron chi connectivity index (χ2n) is 9.11. The highest BCUT2D eigenvalue weighted by molar-refractivity contribution is 7.13. The van der Waals surface area contributed by atoms with E-state index >= 15 is 0 Å². The Kier molecular flexibility index (Phi) is 5.82. The Balaban J connectivity index is 1.21. The van der Waals surface area contributed by atoms with Crippen LogP contribution in [0.2, 0.25) is 0 Å². The average molecular weight is 547 g/mol. The predicted octanol–water partition coefficient (Wildman–Crippen LogP) is 6.01. The molecular weight excluding hydrogens is 527 g/mol. The zero-order valence-corrected chi connectivity index (χ0v) is 21.5. The summed E-state index contributed by atoms with van der Waals surface area (Å²) in [5.74, 6) is 0.409. The largest absolute Gasteiger partial charge is 0.336 e. The number of halogens is 1. The molecule has 0 radical (unpaired) electrons. The molecule has 0 aliphatic carbocycles. The van der Waals surface area contributed by atoms with Crippen LogP contribution in [-0.4, -0.2) is 41.0 Å². The normalized spacial score (nSPS) is 11.3. The number of carbonyl (C=O) groups excluding carboxylic acids is 1. The van der Waals surface area contributed by atoms with Gasteiger partial charge in [-0.3, -0.25) is 19.9 Å². The number of carbonyl (C=O) groups is 1. The number of hydrogen-bond donors (Lipinski definition) is 3. The lowest BCUT2D eigenvalue weighted by Crippen LogP contribution is -2.14. The zero-order chi connectivity index (χ0) is 27.1. The molecular formula is C29H19FN8OS.